The minimum Gasteiger partial charge on any atom is -0.378 e. The minimum atomic E-state index is -0.457. The van der Waals surface area contributed by atoms with E-state index in [9.17, 15) is 0 Å². The van der Waals surface area contributed by atoms with E-state index in [2.05, 4.69) is 54.3 Å². The number of fused-ring (bicyclic) bond motifs is 1. The first-order valence-electron chi connectivity index (χ1n) is 7.11. The number of aliphatic imine (C=N–C) groups is 1. The summed E-state index contributed by atoms with van der Waals surface area (Å²) in [4.78, 5) is 6.63. The SMILES string of the molecule is COC1(Cc2cccc(N(C)C)c2)C=Nc2ccccc21. The molecule has 0 fully saturated rings. The fraction of sp³-hybridized carbons (Fsp3) is 0.278. The van der Waals surface area contributed by atoms with Crippen LogP contribution in [0.25, 0.3) is 0 Å². The quantitative estimate of drug-likeness (QED) is 0.855. The molecule has 21 heavy (non-hydrogen) atoms. The molecule has 0 saturated carbocycles. The number of nitrogens with zero attached hydrogens (tertiary/aromatic N) is 2. The van der Waals surface area contributed by atoms with Crippen LogP contribution in [0.4, 0.5) is 11.4 Å². The van der Waals surface area contributed by atoms with Crippen molar-refractivity contribution >= 4 is 17.6 Å². The molecule has 2 aromatic carbocycles. The largest absolute Gasteiger partial charge is 0.378 e. The van der Waals surface area contributed by atoms with Crippen LogP contribution in [-0.2, 0) is 16.8 Å². The zero-order valence-electron chi connectivity index (χ0n) is 12.7. The molecule has 0 saturated heterocycles. The van der Waals surface area contributed by atoms with Crippen molar-refractivity contribution in [1.82, 2.24) is 0 Å². The van der Waals surface area contributed by atoms with Gasteiger partial charge in [-0.2, -0.15) is 0 Å². The van der Waals surface area contributed by atoms with E-state index >= 15 is 0 Å². The van der Waals surface area contributed by atoms with E-state index in [0.717, 1.165) is 17.7 Å². The van der Waals surface area contributed by atoms with Crippen LogP contribution < -0.4 is 4.90 Å². The Morgan fingerprint density at radius 1 is 1.10 bits per heavy atom. The maximum Gasteiger partial charge on any atom is 0.134 e. The van der Waals surface area contributed by atoms with Gasteiger partial charge in [-0.25, -0.2) is 0 Å². The van der Waals surface area contributed by atoms with Crippen LogP contribution in [0, 0.1) is 0 Å². The predicted octanol–water partition coefficient (Wildman–Crippen LogP) is 3.55. The number of hydrogen-bond donors (Lipinski definition) is 0. The molecule has 0 radical (unpaired) electrons. The average molecular weight is 280 g/mol. The van der Waals surface area contributed by atoms with Crippen molar-refractivity contribution in [3.63, 3.8) is 0 Å². The Morgan fingerprint density at radius 3 is 2.67 bits per heavy atom. The normalized spacial score (nSPS) is 19.6. The first kappa shape index (κ1) is 13.8. The molecule has 2 aromatic rings. The van der Waals surface area contributed by atoms with Crippen LogP contribution in [-0.4, -0.2) is 27.4 Å². The van der Waals surface area contributed by atoms with Crippen LogP contribution in [0.15, 0.2) is 53.5 Å². The molecule has 0 amide bonds. The molecule has 0 aliphatic carbocycles. The molecule has 0 spiro atoms. The molecule has 0 bridgehead atoms. The Kier molecular flexibility index (Phi) is 3.52. The molecule has 0 N–H and O–H groups in total. The number of hydrogen-bond acceptors (Lipinski definition) is 3. The molecular weight excluding hydrogens is 260 g/mol. The van der Waals surface area contributed by atoms with Crippen molar-refractivity contribution in [2.24, 2.45) is 4.99 Å². The first-order chi connectivity index (χ1) is 10.1. The molecule has 3 heteroatoms. The van der Waals surface area contributed by atoms with Crippen LogP contribution >= 0.6 is 0 Å². The van der Waals surface area contributed by atoms with Gasteiger partial charge in [0.15, 0.2) is 0 Å². The topological polar surface area (TPSA) is 24.8 Å². The van der Waals surface area contributed by atoms with Crippen molar-refractivity contribution in [3.05, 3.63) is 59.7 Å². The average Bonchev–Trinajstić information content (AvgIpc) is 2.87. The van der Waals surface area contributed by atoms with Gasteiger partial charge in [0.25, 0.3) is 0 Å². The highest BCUT2D eigenvalue weighted by Gasteiger charge is 2.36. The van der Waals surface area contributed by atoms with Gasteiger partial charge >= 0.3 is 0 Å². The van der Waals surface area contributed by atoms with E-state index in [0.29, 0.717) is 0 Å². The van der Waals surface area contributed by atoms with Crippen LogP contribution in [0.1, 0.15) is 11.1 Å². The van der Waals surface area contributed by atoms with Gasteiger partial charge in [-0.05, 0) is 23.8 Å². The second-order valence-corrected chi connectivity index (χ2v) is 5.61. The molecule has 1 aliphatic rings. The summed E-state index contributed by atoms with van der Waals surface area (Å²) in [7, 11) is 5.86. The third-order valence-corrected chi connectivity index (χ3v) is 4.03. The molecule has 1 unspecified atom stereocenters. The van der Waals surface area contributed by atoms with Gasteiger partial charge in [0.2, 0.25) is 0 Å². The molecule has 1 heterocycles. The molecule has 108 valence electrons. The van der Waals surface area contributed by atoms with E-state index in [1.165, 1.54) is 11.3 Å². The minimum absolute atomic E-state index is 0.457. The van der Waals surface area contributed by atoms with E-state index < -0.39 is 5.60 Å². The molecule has 1 aliphatic heterocycles. The summed E-state index contributed by atoms with van der Waals surface area (Å²) < 4.78 is 5.87. The van der Waals surface area contributed by atoms with Crippen molar-refractivity contribution in [2.45, 2.75) is 12.0 Å². The van der Waals surface area contributed by atoms with Gasteiger partial charge in [0.1, 0.15) is 5.60 Å². The van der Waals surface area contributed by atoms with Gasteiger partial charge in [-0.15, -0.1) is 0 Å². The number of methoxy groups -OCH3 is 1. The van der Waals surface area contributed by atoms with Gasteiger partial charge in [0.05, 0.1) is 5.69 Å². The van der Waals surface area contributed by atoms with Gasteiger partial charge < -0.3 is 9.64 Å². The Balaban J connectivity index is 1.96. The Morgan fingerprint density at radius 2 is 1.90 bits per heavy atom. The Hall–Kier alpha value is -2.13. The summed E-state index contributed by atoms with van der Waals surface area (Å²) in [6.45, 7) is 0. The fourth-order valence-electron chi connectivity index (χ4n) is 2.81. The number of rotatable bonds is 4. The summed E-state index contributed by atoms with van der Waals surface area (Å²) >= 11 is 0. The Labute approximate surface area is 125 Å². The van der Waals surface area contributed by atoms with E-state index in [1.807, 2.05) is 24.4 Å². The smallest absolute Gasteiger partial charge is 0.134 e. The number of ether oxygens (including phenoxy) is 1. The molecule has 3 rings (SSSR count). The van der Waals surface area contributed by atoms with Crippen LogP contribution in [0.3, 0.4) is 0 Å². The van der Waals surface area contributed by atoms with E-state index in [4.69, 9.17) is 4.74 Å². The molecular formula is C18H20N2O. The lowest BCUT2D eigenvalue weighted by atomic mass is 9.88. The van der Waals surface area contributed by atoms with Gasteiger partial charge in [-0.3, -0.25) is 4.99 Å². The van der Waals surface area contributed by atoms with Gasteiger partial charge in [0, 0.05) is 45.1 Å². The zero-order valence-corrected chi connectivity index (χ0v) is 12.7. The number of para-hydroxylation sites is 1. The maximum absolute atomic E-state index is 5.87. The second kappa shape index (κ2) is 5.34. The maximum atomic E-state index is 5.87. The van der Waals surface area contributed by atoms with Crippen molar-refractivity contribution in [2.75, 3.05) is 26.1 Å². The van der Waals surface area contributed by atoms with Crippen molar-refractivity contribution < 1.29 is 4.74 Å². The summed E-state index contributed by atoms with van der Waals surface area (Å²) in [5, 5.41) is 0. The summed E-state index contributed by atoms with van der Waals surface area (Å²) in [5.41, 5.74) is 4.13. The zero-order chi connectivity index (χ0) is 14.9. The number of anilines is 1. The third-order valence-electron chi connectivity index (χ3n) is 4.03. The van der Waals surface area contributed by atoms with Crippen molar-refractivity contribution in [3.8, 4) is 0 Å². The van der Waals surface area contributed by atoms with Crippen LogP contribution in [0.5, 0.6) is 0 Å². The second-order valence-electron chi connectivity index (χ2n) is 5.61. The van der Waals surface area contributed by atoms with E-state index in [-0.39, 0.29) is 0 Å². The molecule has 0 aromatic heterocycles. The standard InChI is InChI=1S/C18H20N2O/c1-20(2)15-8-6-7-14(11-15)12-18(21-3)13-19-17-10-5-4-9-16(17)18/h4-11,13H,12H2,1-3H3. The highest BCUT2D eigenvalue weighted by atomic mass is 16.5. The predicted molar refractivity (Wildman–Crippen MR) is 87.8 cm³/mol. The molecule has 3 nitrogen and oxygen atoms in total. The molecule has 1 atom stereocenters. The van der Waals surface area contributed by atoms with E-state index in [1.54, 1.807) is 7.11 Å². The summed E-state index contributed by atoms with van der Waals surface area (Å²) in [6.07, 6.45) is 2.71. The van der Waals surface area contributed by atoms with Gasteiger partial charge in [-0.1, -0.05) is 30.3 Å². The lowest BCUT2D eigenvalue weighted by molar-refractivity contribution is 0.0552. The van der Waals surface area contributed by atoms with Crippen LogP contribution in [0.2, 0.25) is 0 Å². The highest BCUT2D eigenvalue weighted by molar-refractivity contribution is 5.84. The fourth-order valence-corrected chi connectivity index (χ4v) is 2.81. The third kappa shape index (κ3) is 2.45. The lowest BCUT2D eigenvalue weighted by Crippen LogP contribution is -2.30. The monoisotopic (exact) mass is 280 g/mol. The summed E-state index contributed by atoms with van der Waals surface area (Å²) in [6, 6.07) is 16.7. The Bertz CT molecular complexity index is 678. The lowest BCUT2D eigenvalue weighted by Gasteiger charge is -2.27. The highest BCUT2D eigenvalue weighted by Crippen LogP contribution is 2.39. The first-order valence-corrected chi connectivity index (χ1v) is 7.11. The van der Waals surface area contributed by atoms with Crippen molar-refractivity contribution in [1.29, 1.82) is 0 Å². The summed E-state index contributed by atoms with van der Waals surface area (Å²) in [5.74, 6) is 0. The number of benzene rings is 2.